The molecule has 1 fully saturated rings. The first-order valence-corrected chi connectivity index (χ1v) is 6.67. The van der Waals surface area contributed by atoms with Crippen molar-refractivity contribution in [1.29, 1.82) is 0 Å². The van der Waals surface area contributed by atoms with Crippen molar-refractivity contribution in [2.75, 3.05) is 27.3 Å². The molecule has 0 radical (unpaired) electrons. The van der Waals surface area contributed by atoms with Crippen LogP contribution in [0.1, 0.15) is 24.8 Å². The second-order valence-corrected chi connectivity index (χ2v) is 5.02. The molecular formula is C15H23NO2. The summed E-state index contributed by atoms with van der Waals surface area (Å²) in [5, 5.41) is 3.50. The third-order valence-electron chi connectivity index (χ3n) is 3.89. The summed E-state index contributed by atoms with van der Waals surface area (Å²) in [6, 6.07) is 8.27. The molecule has 18 heavy (non-hydrogen) atoms. The number of nitrogens with one attached hydrogen (secondary N) is 1. The van der Waals surface area contributed by atoms with E-state index < -0.39 is 0 Å². The normalized spacial score (nSPS) is 17.2. The van der Waals surface area contributed by atoms with Crippen molar-refractivity contribution in [3.8, 4) is 5.75 Å². The van der Waals surface area contributed by atoms with Crippen molar-refractivity contribution in [3.63, 3.8) is 0 Å². The fourth-order valence-corrected chi connectivity index (χ4v) is 2.37. The minimum absolute atomic E-state index is 0.125. The van der Waals surface area contributed by atoms with E-state index in [1.54, 1.807) is 7.11 Å². The van der Waals surface area contributed by atoms with Crippen LogP contribution in [0, 0.1) is 0 Å². The van der Waals surface area contributed by atoms with E-state index in [2.05, 4.69) is 17.4 Å². The van der Waals surface area contributed by atoms with Gasteiger partial charge in [0.05, 0.1) is 12.7 Å². The monoisotopic (exact) mass is 249 g/mol. The summed E-state index contributed by atoms with van der Waals surface area (Å²) >= 11 is 0. The highest BCUT2D eigenvalue weighted by Gasteiger charge is 2.36. The molecule has 0 aromatic heterocycles. The van der Waals surface area contributed by atoms with Gasteiger partial charge in [0.1, 0.15) is 5.75 Å². The lowest BCUT2D eigenvalue weighted by atomic mass is 9.80. The fraction of sp³-hybridized carbons (Fsp3) is 0.600. The molecule has 0 atom stereocenters. The Labute approximate surface area is 109 Å². The molecule has 1 aliphatic rings. The molecular weight excluding hydrogens is 226 g/mol. The average Bonchev–Trinajstić information content (AvgIpc) is 2.38. The first-order chi connectivity index (χ1) is 8.78. The Morgan fingerprint density at radius 3 is 2.39 bits per heavy atom. The topological polar surface area (TPSA) is 30.5 Å². The van der Waals surface area contributed by atoms with Crippen molar-refractivity contribution in [3.05, 3.63) is 29.8 Å². The van der Waals surface area contributed by atoms with Crippen molar-refractivity contribution < 1.29 is 9.47 Å². The van der Waals surface area contributed by atoms with Crippen molar-refractivity contribution in [2.24, 2.45) is 0 Å². The van der Waals surface area contributed by atoms with Gasteiger partial charge < -0.3 is 14.8 Å². The smallest absolute Gasteiger partial charge is 0.118 e. The maximum absolute atomic E-state index is 5.58. The summed E-state index contributed by atoms with van der Waals surface area (Å²) in [6.07, 6.45) is 4.73. The van der Waals surface area contributed by atoms with Gasteiger partial charge in [0.15, 0.2) is 0 Å². The van der Waals surface area contributed by atoms with Crippen LogP contribution < -0.4 is 10.1 Å². The number of hydrogen-bond acceptors (Lipinski definition) is 3. The predicted molar refractivity (Wildman–Crippen MR) is 73.2 cm³/mol. The van der Waals surface area contributed by atoms with Crippen LogP contribution in [0.2, 0.25) is 0 Å². The Hall–Kier alpha value is -1.06. The van der Waals surface area contributed by atoms with Crippen LogP contribution in [-0.4, -0.2) is 32.9 Å². The molecule has 0 unspecified atom stereocenters. The van der Waals surface area contributed by atoms with Gasteiger partial charge in [-0.15, -0.1) is 0 Å². The highest BCUT2D eigenvalue weighted by atomic mass is 16.5. The summed E-state index contributed by atoms with van der Waals surface area (Å²) < 4.78 is 10.7. The molecule has 0 bridgehead atoms. The number of methoxy groups -OCH3 is 2. The maximum Gasteiger partial charge on any atom is 0.118 e. The number of ether oxygens (including phenoxy) is 2. The zero-order valence-corrected chi connectivity index (χ0v) is 11.4. The van der Waals surface area contributed by atoms with Gasteiger partial charge in [-0.3, -0.25) is 0 Å². The molecule has 0 saturated heterocycles. The van der Waals surface area contributed by atoms with E-state index in [0.717, 1.165) is 25.3 Å². The second-order valence-electron chi connectivity index (χ2n) is 5.02. The number of hydrogen-bond donors (Lipinski definition) is 1. The summed E-state index contributed by atoms with van der Waals surface area (Å²) in [5.74, 6) is 0.916. The minimum atomic E-state index is 0.125. The van der Waals surface area contributed by atoms with Gasteiger partial charge in [-0.1, -0.05) is 12.1 Å². The van der Waals surface area contributed by atoms with Gasteiger partial charge in [0.25, 0.3) is 0 Å². The lowest BCUT2D eigenvalue weighted by Gasteiger charge is -2.40. The largest absolute Gasteiger partial charge is 0.497 e. The van der Waals surface area contributed by atoms with Crippen LogP contribution in [0.15, 0.2) is 24.3 Å². The summed E-state index contributed by atoms with van der Waals surface area (Å²) in [7, 11) is 3.52. The summed E-state index contributed by atoms with van der Waals surface area (Å²) in [5.41, 5.74) is 1.46. The number of rotatable bonds is 7. The first kappa shape index (κ1) is 13.4. The molecule has 3 nitrogen and oxygen atoms in total. The van der Waals surface area contributed by atoms with Gasteiger partial charge in [0.2, 0.25) is 0 Å². The molecule has 0 amide bonds. The zero-order valence-electron chi connectivity index (χ0n) is 11.4. The predicted octanol–water partition coefficient (Wildman–Crippen LogP) is 2.40. The lowest BCUT2D eigenvalue weighted by Crippen LogP contribution is -2.48. The van der Waals surface area contributed by atoms with Gasteiger partial charge >= 0.3 is 0 Å². The lowest BCUT2D eigenvalue weighted by molar-refractivity contribution is -0.0691. The third kappa shape index (κ3) is 3.24. The fourth-order valence-electron chi connectivity index (χ4n) is 2.37. The van der Waals surface area contributed by atoms with Crippen LogP contribution in [0.3, 0.4) is 0 Å². The van der Waals surface area contributed by atoms with E-state index in [0.29, 0.717) is 0 Å². The van der Waals surface area contributed by atoms with Crippen LogP contribution >= 0.6 is 0 Å². The Kier molecular flexibility index (Phi) is 4.61. The second kappa shape index (κ2) is 6.21. The molecule has 1 aromatic carbocycles. The highest BCUT2D eigenvalue weighted by Crippen LogP contribution is 2.34. The van der Waals surface area contributed by atoms with E-state index in [1.165, 1.54) is 24.8 Å². The summed E-state index contributed by atoms with van der Waals surface area (Å²) in [6.45, 7) is 1.97. The zero-order chi connectivity index (χ0) is 12.8. The standard InChI is InChI=1S/C15H23NO2/c1-17-14-6-4-13(5-7-14)8-11-16-12-15(18-2)9-3-10-15/h4-7,16H,3,8-12H2,1-2H3. The van der Waals surface area contributed by atoms with E-state index >= 15 is 0 Å². The maximum atomic E-state index is 5.58. The molecule has 0 heterocycles. The van der Waals surface area contributed by atoms with E-state index in [9.17, 15) is 0 Å². The Morgan fingerprint density at radius 1 is 1.17 bits per heavy atom. The molecule has 2 rings (SSSR count). The SMILES string of the molecule is COc1ccc(CCNCC2(OC)CCC2)cc1. The summed E-state index contributed by atoms with van der Waals surface area (Å²) in [4.78, 5) is 0. The third-order valence-corrected chi connectivity index (χ3v) is 3.89. The van der Waals surface area contributed by atoms with Crippen molar-refractivity contribution >= 4 is 0 Å². The van der Waals surface area contributed by atoms with E-state index in [4.69, 9.17) is 9.47 Å². The average molecular weight is 249 g/mol. The highest BCUT2D eigenvalue weighted by molar-refractivity contribution is 5.27. The Bertz CT molecular complexity index is 352. The van der Waals surface area contributed by atoms with Gasteiger partial charge in [-0.2, -0.15) is 0 Å². The molecule has 1 aromatic rings. The van der Waals surface area contributed by atoms with Crippen LogP contribution in [0.4, 0.5) is 0 Å². The van der Waals surface area contributed by atoms with Crippen LogP contribution in [0.5, 0.6) is 5.75 Å². The van der Waals surface area contributed by atoms with Gasteiger partial charge in [0, 0.05) is 13.7 Å². The van der Waals surface area contributed by atoms with Gasteiger partial charge in [-0.05, 0) is 49.9 Å². The molecule has 1 saturated carbocycles. The van der Waals surface area contributed by atoms with Crippen LogP contribution in [0.25, 0.3) is 0 Å². The quantitative estimate of drug-likeness (QED) is 0.753. The molecule has 100 valence electrons. The van der Waals surface area contributed by atoms with E-state index in [1.807, 2.05) is 19.2 Å². The van der Waals surface area contributed by atoms with Crippen molar-refractivity contribution in [1.82, 2.24) is 5.32 Å². The Morgan fingerprint density at radius 2 is 1.89 bits per heavy atom. The van der Waals surface area contributed by atoms with Crippen molar-refractivity contribution in [2.45, 2.75) is 31.3 Å². The van der Waals surface area contributed by atoms with Gasteiger partial charge in [-0.25, -0.2) is 0 Å². The molecule has 0 spiro atoms. The Balaban J connectivity index is 1.68. The van der Waals surface area contributed by atoms with E-state index in [-0.39, 0.29) is 5.60 Å². The minimum Gasteiger partial charge on any atom is -0.497 e. The first-order valence-electron chi connectivity index (χ1n) is 6.67. The molecule has 3 heteroatoms. The molecule has 0 aliphatic heterocycles. The van der Waals surface area contributed by atoms with Crippen LogP contribution in [-0.2, 0) is 11.2 Å². The number of benzene rings is 1. The molecule has 1 aliphatic carbocycles. The molecule has 1 N–H and O–H groups in total.